The van der Waals surface area contributed by atoms with Crippen molar-refractivity contribution in [1.29, 1.82) is 0 Å². The second kappa shape index (κ2) is 5.75. The Labute approximate surface area is 98.7 Å². The van der Waals surface area contributed by atoms with Crippen molar-refractivity contribution in [3.8, 4) is 0 Å². The first-order valence-electron chi connectivity index (χ1n) is 5.49. The second-order valence-electron chi connectivity index (χ2n) is 3.78. The lowest BCUT2D eigenvalue weighted by Gasteiger charge is -2.23. The Bertz CT molecular complexity index is 374. The van der Waals surface area contributed by atoms with Crippen LogP contribution in [0.25, 0.3) is 0 Å². The van der Waals surface area contributed by atoms with E-state index in [1.165, 1.54) is 24.3 Å². The molecule has 1 N–H and O–H groups in total. The Morgan fingerprint density at radius 1 is 1.35 bits per heavy atom. The molecule has 0 aliphatic carbocycles. The van der Waals surface area contributed by atoms with Crippen LogP contribution in [0.1, 0.15) is 10.4 Å². The Balaban J connectivity index is 1.82. The number of benzene rings is 1. The monoisotopic (exact) mass is 239 g/mol. The maximum atomic E-state index is 12.7. The van der Waals surface area contributed by atoms with Gasteiger partial charge < -0.3 is 14.8 Å². The Morgan fingerprint density at radius 2 is 2.12 bits per heavy atom. The van der Waals surface area contributed by atoms with Crippen molar-refractivity contribution in [2.45, 2.75) is 6.10 Å². The fourth-order valence-corrected chi connectivity index (χ4v) is 1.56. The third kappa shape index (κ3) is 3.51. The SMILES string of the molecule is O=C(NCC1COCCO1)c1ccc(F)cc1. The zero-order valence-corrected chi connectivity index (χ0v) is 9.32. The van der Waals surface area contributed by atoms with Gasteiger partial charge in [0.25, 0.3) is 5.91 Å². The Kier molecular flexibility index (Phi) is 4.06. The highest BCUT2D eigenvalue weighted by Gasteiger charge is 2.15. The minimum atomic E-state index is -0.356. The van der Waals surface area contributed by atoms with Gasteiger partial charge in [-0.15, -0.1) is 0 Å². The number of nitrogens with one attached hydrogen (secondary N) is 1. The molecule has 92 valence electrons. The average Bonchev–Trinajstić information content (AvgIpc) is 2.38. The number of halogens is 1. The summed E-state index contributed by atoms with van der Waals surface area (Å²) in [4.78, 5) is 11.7. The molecule has 17 heavy (non-hydrogen) atoms. The number of rotatable bonds is 3. The van der Waals surface area contributed by atoms with Crippen LogP contribution in [0, 0.1) is 5.82 Å². The van der Waals surface area contributed by atoms with Gasteiger partial charge in [0.15, 0.2) is 0 Å². The molecule has 0 spiro atoms. The van der Waals surface area contributed by atoms with E-state index in [0.717, 1.165) is 0 Å². The maximum Gasteiger partial charge on any atom is 0.251 e. The second-order valence-corrected chi connectivity index (χ2v) is 3.78. The van der Waals surface area contributed by atoms with Gasteiger partial charge in [0.1, 0.15) is 5.82 Å². The van der Waals surface area contributed by atoms with Crippen molar-refractivity contribution in [3.63, 3.8) is 0 Å². The molecule has 1 amide bonds. The summed E-state index contributed by atoms with van der Waals surface area (Å²) < 4.78 is 23.3. The fraction of sp³-hybridized carbons (Fsp3) is 0.417. The molecule has 1 saturated heterocycles. The average molecular weight is 239 g/mol. The zero-order chi connectivity index (χ0) is 12.1. The highest BCUT2D eigenvalue weighted by Crippen LogP contribution is 2.03. The number of carbonyl (C=O) groups excluding carboxylic acids is 1. The molecule has 1 aromatic rings. The molecule has 1 heterocycles. The Morgan fingerprint density at radius 3 is 2.76 bits per heavy atom. The zero-order valence-electron chi connectivity index (χ0n) is 9.32. The summed E-state index contributed by atoms with van der Waals surface area (Å²) in [6, 6.07) is 5.41. The van der Waals surface area contributed by atoms with Crippen LogP contribution in [0.5, 0.6) is 0 Å². The third-order valence-corrected chi connectivity index (χ3v) is 2.48. The van der Waals surface area contributed by atoms with Crippen LogP contribution in [0.4, 0.5) is 4.39 Å². The van der Waals surface area contributed by atoms with Gasteiger partial charge >= 0.3 is 0 Å². The fourth-order valence-electron chi connectivity index (χ4n) is 1.56. The van der Waals surface area contributed by atoms with E-state index >= 15 is 0 Å². The highest BCUT2D eigenvalue weighted by atomic mass is 19.1. The topological polar surface area (TPSA) is 47.6 Å². The minimum absolute atomic E-state index is 0.104. The number of amides is 1. The largest absolute Gasteiger partial charge is 0.376 e. The molecular weight excluding hydrogens is 225 g/mol. The van der Waals surface area contributed by atoms with Crippen molar-refractivity contribution in [3.05, 3.63) is 35.6 Å². The van der Waals surface area contributed by atoms with Crippen LogP contribution in [0.2, 0.25) is 0 Å². The van der Waals surface area contributed by atoms with E-state index in [2.05, 4.69) is 5.32 Å². The molecule has 1 aliphatic rings. The first kappa shape index (κ1) is 12.0. The van der Waals surface area contributed by atoms with E-state index in [4.69, 9.17) is 9.47 Å². The van der Waals surface area contributed by atoms with Crippen LogP contribution < -0.4 is 5.32 Å². The van der Waals surface area contributed by atoms with E-state index < -0.39 is 0 Å². The van der Waals surface area contributed by atoms with Crippen molar-refractivity contribution >= 4 is 5.91 Å². The van der Waals surface area contributed by atoms with Gasteiger partial charge in [-0.1, -0.05) is 0 Å². The normalized spacial score (nSPS) is 19.9. The van der Waals surface area contributed by atoms with Crippen LogP contribution >= 0.6 is 0 Å². The summed E-state index contributed by atoms with van der Waals surface area (Å²) in [6.45, 7) is 2.04. The summed E-state index contributed by atoms with van der Waals surface area (Å²) in [5.74, 6) is -0.593. The molecule has 4 nitrogen and oxygen atoms in total. The van der Waals surface area contributed by atoms with Crippen molar-refractivity contribution in [2.24, 2.45) is 0 Å². The lowest BCUT2D eigenvalue weighted by molar-refractivity contribution is -0.0855. The lowest BCUT2D eigenvalue weighted by atomic mass is 10.2. The van der Waals surface area contributed by atoms with Crippen molar-refractivity contribution < 1.29 is 18.7 Å². The molecule has 1 aromatic carbocycles. The molecule has 1 aliphatic heterocycles. The van der Waals surface area contributed by atoms with Gasteiger partial charge in [-0.05, 0) is 24.3 Å². The minimum Gasteiger partial charge on any atom is -0.376 e. The Hall–Kier alpha value is -1.46. The predicted octanol–water partition coefficient (Wildman–Crippen LogP) is 0.971. The van der Waals surface area contributed by atoms with Crippen molar-refractivity contribution in [1.82, 2.24) is 5.32 Å². The first-order chi connectivity index (χ1) is 8.25. The molecule has 1 atom stereocenters. The van der Waals surface area contributed by atoms with E-state index in [1.54, 1.807) is 0 Å². The van der Waals surface area contributed by atoms with E-state index in [1.807, 2.05) is 0 Å². The molecular formula is C12H14FNO3. The summed E-state index contributed by atoms with van der Waals surface area (Å²) in [7, 11) is 0. The predicted molar refractivity (Wildman–Crippen MR) is 59.3 cm³/mol. The van der Waals surface area contributed by atoms with Gasteiger partial charge in [-0.25, -0.2) is 4.39 Å². The summed E-state index contributed by atoms with van der Waals surface area (Å²) in [6.07, 6.45) is -0.104. The summed E-state index contributed by atoms with van der Waals surface area (Å²) >= 11 is 0. The summed E-state index contributed by atoms with van der Waals surface area (Å²) in [5, 5.41) is 2.72. The highest BCUT2D eigenvalue weighted by molar-refractivity contribution is 5.94. The molecule has 0 aromatic heterocycles. The van der Waals surface area contributed by atoms with Crippen LogP contribution in [-0.4, -0.2) is 38.4 Å². The van der Waals surface area contributed by atoms with Gasteiger partial charge in [-0.2, -0.15) is 0 Å². The van der Waals surface area contributed by atoms with Crippen LogP contribution in [-0.2, 0) is 9.47 Å². The quantitative estimate of drug-likeness (QED) is 0.855. The molecule has 1 unspecified atom stereocenters. The van der Waals surface area contributed by atoms with E-state index in [-0.39, 0.29) is 17.8 Å². The number of ether oxygens (including phenoxy) is 2. The summed E-state index contributed by atoms with van der Waals surface area (Å²) in [5.41, 5.74) is 0.433. The van der Waals surface area contributed by atoms with Gasteiger partial charge in [0.05, 0.1) is 25.9 Å². The van der Waals surface area contributed by atoms with Crippen molar-refractivity contribution in [2.75, 3.05) is 26.4 Å². The number of hydrogen-bond acceptors (Lipinski definition) is 3. The van der Waals surface area contributed by atoms with Gasteiger partial charge in [-0.3, -0.25) is 4.79 Å². The smallest absolute Gasteiger partial charge is 0.251 e. The lowest BCUT2D eigenvalue weighted by Crippen LogP contribution is -2.39. The first-order valence-corrected chi connectivity index (χ1v) is 5.49. The molecule has 1 fully saturated rings. The molecule has 0 saturated carbocycles. The van der Waals surface area contributed by atoms with E-state index in [0.29, 0.717) is 31.9 Å². The molecule has 2 rings (SSSR count). The van der Waals surface area contributed by atoms with Crippen LogP contribution in [0.15, 0.2) is 24.3 Å². The standard InChI is InChI=1S/C12H14FNO3/c13-10-3-1-9(2-4-10)12(15)14-7-11-8-16-5-6-17-11/h1-4,11H,5-8H2,(H,14,15). The molecule has 5 heteroatoms. The number of carbonyl (C=O) groups is 1. The number of hydrogen-bond donors (Lipinski definition) is 1. The molecule has 0 radical (unpaired) electrons. The van der Waals surface area contributed by atoms with Gasteiger partial charge in [0, 0.05) is 12.1 Å². The van der Waals surface area contributed by atoms with Gasteiger partial charge in [0.2, 0.25) is 0 Å². The third-order valence-electron chi connectivity index (χ3n) is 2.48. The van der Waals surface area contributed by atoms with E-state index in [9.17, 15) is 9.18 Å². The maximum absolute atomic E-state index is 12.7. The van der Waals surface area contributed by atoms with Crippen LogP contribution in [0.3, 0.4) is 0 Å². The molecule has 0 bridgehead atoms.